The van der Waals surface area contributed by atoms with Crippen LogP contribution >= 0.6 is 0 Å². The summed E-state index contributed by atoms with van der Waals surface area (Å²) in [5.41, 5.74) is 9.17. The molecule has 6 heteroatoms. The number of nitrogens with zero attached hydrogens (tertiary/aromatic N) is 1. The molecule has 0 unspecified atom stereocenters. The molecule has 0 amide bonds. The van der Waals surface area contributed by atoms with Crippen LogP contribution in [0, 0.1) is 0 Å². The van der Waals surface area contributed by atoms with E-state index in [9.17, 15) is 4.79 Å². The van der Waals surface area contributed by atoms with E-state index in [1.165, 1.54) is 12.7 Å². The molecule has 2 heterocycles. The van der Waals surface area contributed by atoms with Gasteiger partial charge in [-0.1, -0.05) is 24.3 Å². The van der Waals surface area contributed by atoms with Crippen molar-refractivity contribution in [3.05, 3.63) is 53.2 Å². The second-order valence-corrected chi connectivity index (χ2v) is 6.43. The van der Waals surface area contributed by atoms with E-state index in [-0.39, 0.29) is 5.97 Å². The highest BCUT2D eigenvalue weighted by Gasteiger charge is 2.14. The van der Waals surface area contributed by atoms with Crippen LogP contribution in [0.15, 0.2) is 36.4 Å². The number of pyridine rings is 1. The lowest BCUT2D eigenvalue weighted by molar-refractivity contribution is -0.142. The fraction of sp³-hybridized carbons (Fsp3) is 0.400. The molecule has 1 aromatic heterocycles. The lowest BCUT2D eigenvalue weighted by Crippen LogP contribution is -2.33. The van der Waals surface area contributed by atoms with Crippen LogP contribution in [0.5, 0.6) is 5.75 Å². The molecular formula is C20H25N3O3. The zero-order valence-electron chi connectivity index (χ0n) is 15.0. The Morgan fingerprint density at radius 3 is 2.77 bits per heavy atom. The highest BCUT2D eigenvalue weighted by atomic mass is 16.5. The van der Waals surface area contributed by atoms with E-state index in [0.717, 1.165) is 48.6 Å². The van der Waals surface area contributed by atoms with Gasteiger partial charge in [-0.2, -0.15) is 0 Å². The first-order valence-corrected chi connectivity index (χ1v) is 8.93. The van der Waals surface area contributed by atoms with Gasteiger partial charge in [0.1, 0.15) is 12.6 Å². The van der Waals surface area contributed by atoms with Gasteiger partial charge in [-0.3, -0.25) is 4.79 Å². The van der Waals surface area contributed by atoms with Crippen molar-refractivity contribution in [1.82, 2.24) is 4.98 Å². The number of hydrogen-bond donors (Lipinski definition) is 2. The Labute approximate surface area is 153 Å². The SMILES string of the molecule is COC(=O)[C@@H](N)Cc1ccc(CCCc2ccc3c(n2)NCCO3)cc1. The van der Waals surface area contributed by atoms with E-state index in [4.69, 9.17) is 10.5 Å². The number of benzene rings is 1. The molecule has 0 spiro atoms. The van der Waals surface area contributed by atoms with Crippen LogP contribution < -0.4 is 15.8 Å². The Morgan fingerprint density at radius 2 is 2.00 bits per heavy atom. The Hall–Kier alpha value is -2.60. The molecule has 1 aliphatic rings. The second-order valence-electron chi connectivity index (χ2n) is 6.43. The number of rotatable bonds is 7. The molecule has 138 valence electrons. The van der Waals surface area contributed by atoms with Gasteiger partial charge in [-0.25, -0.2) is 4.98 Å². The molecular weight excluding hydrogens is 330 g/mol. The predicted molar refractivity (Wildman–Crippen MR) is 100 cm³/mol. The summed E-state index contributed by atoms with van der Waals surface area (Å²) in [6, 6.07) is 11.6. The topological polar surface area (TPSA) is 86.5 Å². The first kappa shape index (κ1) is 18.2. The van der Waals surface area contributed by atoms with Gasteiger partial charge >= 0.3 is 5.97 Å². The molecule has 3 rings (SSSR count). The van der Waals surface area contributed by atoms with Gasteiger partial charge in [0.25, 0.3) is 0 Å². The lowest BCUT2D eigenvalue weighted by atomic mass is 10.0. The maximum absolute atomic E-state index is 11.4. The minimum absolute atomic E-state index is 0.383. The van der Waals surface area contributed by atoms with Crippen LogP contribution in [0.25, 0.3) is 0 Å². The maximum Gasteiger partial charge on any atom is 0.322 e. The molecule has 0 aliphatic carbocycles. The van der Waals surface area contributed by atoms with Crippen molar-refractivity contribution in [2.24, 2.45) is 5.73 Å². The van der Waals surface area contributed by atoms with Crippen molar-refractivity contribution in [2.45, 2.75) is 31.7 Å². The summed E-state index contributed by atoms with van der Waals surface area (Å²) >= 11 is 0. The molecule has 6 nitrogen and oxygen atoms in total. The van der Waals surface area contributed by atoms with Crippen molar-refractivity contribution in [2.75, 3.05) is 25.6 Å². The largest absolute Gasteiger partial charge is 0.488 e. The van der Waals surface area contributed by atoms with Gasteiger partial charge in [0.2, 0.25) is 0 Å². The summed E-state index contributed by atoms with van der Waals surface area (Å²) in [5, 5.41) is 3.27. The zero-order chi connectivity index (χ0) is 18.4. The Kier molecular flexibility index (Phi) is 6.07. The Bertz CT molecular complexity index is 746. The summed E-state index contributed by atoms with van der Waals surface area (Å²) in [5.74, 6) is 1.30. The van der Waals surface area contributed by atoms with E-state index in [0.29, 0.717) is 13.0 Å². The molecule has 0 bridgehead atoms. The number of hydrogen-bond acceptors (Lipinski definition) is 6. The molecule has 1 atom stereocenters. The van der Waals surface area contributed by atoms with Gasteiger partial charge in [0.15, 0.2) is 11.6 Å². The number of carbonyl (C=O) groups excluding carboxylic acids is 1. The average Bonchev–Trinajstić information content (AvgIpc) is 2.68. The minimum atomic E-state index is -0.612. The van der Waals surface area contributed by atoms with Crippen molar-refractivity contribution in [1.29, 1.82) is 0 Å². The van der Waals surface area contributed by atoms with E-state index >= 15 is 0 Å². The summed E-state index contributed by atoms with van der Waals surface area (Å²) in [6.45, 7) is 1.49. The van der Waals surface area contributed by atoms with Crippen molar-refractivity contribution in [3.63, 3.8) is 0 Å². The maximum atomic E-state index is 11.4. The van der Waals surface area contributed by atoms with Crippen LogP contribution in [0.2, 0.25) is 0 Å². The molecule has 1 aliphatic heterocycles. The molecule has 26 heavy (non-hydrogen) atoms. The Balaban J connectivity index is 1.48. The summed E-state index contributed by atoms with van der Waals surface area (Å²) in [6.07, 6.45) is 3.41. The number of aromatic nitrogens is 1. The first-order valence-electron chi connectivity index (χ1n) is 8.93. The number of fused-ring (bicyclic) bond motifs is 1. The molecule has 3 N–H and O–H groups in total. The standard InChI is InChI=1S/C20H25N3O3/c1-25-20(24)17(21)13-15-7-5-14(6-8-15)3-2-4-16-9-10-18-19(23-16)22-11-12-26-18/h5-10,17H,2-4,11-13,21H2,1H3,(H,22,23)/t17-/m0/s1. The van der Waals surface area contributed by atoms with E-state index in [1.54, 1.807) is 0 Å². The number of aryl methyl sites for hydroxylation is 2. The van der Waals surface area contributed by atoms with Gasteiger partial charge in [0, 0.05) is 5.69 Å². The number of nitrogens with one attached hydrogen (secondary N) is 1. The van der Waals surface area contributed by atoms with Crippen molar-refractivity contribution in [3.8, 4) is 5.75 Å². The van der Waals surface area contributed by atoms with Gasteiger partial charge in [-0.15, -0.1) is 0 Å². The Morgan fingerprint density at radius 1 is 1.23 bits per heavy atom. The molecule has 0 radical (unpaired) electrons. The monoisotopic (exact) mass is 355 g/mol. The minimum Gasteiger partial charge on any atom is -0.488 e. The van der Waals surface area contributed by atoms with E-state index in [1.807, 2.05) is 24.3 Å². The summed E-state index contributed by atoms with van der Waals surface area (Å²) in [7, 11) is 1.35. The van der Waals surface area contributed by atoms with Gasteiger partial charge in [0.05, 0.1) is 13.7 Å². The molecule has 0 fully saturated rings. The van der Waals surface area contributed by atoms with Crippen LogP contribution in [0.4, 0.5) is 5.82 Å². The molecule has 0 saturated carbocycles. The summed E-state index contributed by atoms with van der Waals surface area (Å²) < 4.78 is 10.2. The molecule has 1 aromatic carbocycles. The summed E-state index contributed by atoms with van der Waals surface area (Å²) in [4.78, 5) is 16.0. The lowest BCUT2D eigenvalue weighted by Gasteiger charge is -2.18. The zero-order valence-corrected chi connectivity index (χ0v) is 15.0. The number of anilines is 1. The predicted octanol–water partition coefficient (Wildman–Crippen LogP) is 2.10. The molecule has 0 saturated heterocycles. The fourth-order valence-electron chi connectivity index (χ4n) is 3.00. The number of carbonyl (C=O) groups is 1. The second kappa shape index (κ2) is 8.67. The number of methoxy groups -OCH3 is 1. The highest BCUT2D eigenvalue weighted by molar-refractivity contribution is 5.75. The van der Waals surface area contributed by atoms with Crippen LogP contribution in [0.1, 0.15) is 23.2 Å². The quantitative estimate of drug-likeness (QED) is 0.740. The number of esters is 1. The third-order valence-electron chi connectivity index (χ3n) is 4.45. The van der Waals surface area contributed by atoms with Crippen LogP contribution in [0.3, 0.4) is 0 Å². The first-order chi connectivity index (χ1) is 12.7. The average molecular weight is 355 g/mol. The van der Waals surface area contributed by atoms with Crippen LogP contribution in [-0.2, 0) is 28.8 Å². The fourth-order valence-corrected chi connectivity index (χ4v) is 3.00. The normalized spacial score (nSPS) is 13.9. The van der Waals surface area contributed by atoms with Crippen LogP contribution in [-0.4, -0.2) is 37.3 Å². The third-order valence-corrected chi connectivity index (χ3v) is 4.45. The molecule has 2 aromatic rings. The highest BCUT2D eigenvalue weighted by Crippen LogP contribution is 2.25. The van der Waals surface area contributed by atoms with E-state index in [2.05, 4.69) is 27.2 Å². The third kappa shape index (κ3) is 4.73. The van der Waals surface area contributed by atoms with Crippen molar-refractivity contribution < 1.29 is 14.3 Å². The number of nitrogens with two attached hydrogens (primary N) is 1. The van der Waals surface area contributed by atoms with Gasteiger partial charge in [-0.05, 0) is 48.9 Å². The van der Waals surface area contributed by atoms with Crippen molar-refractivity contribution >= 4 is 11.8 Å². The van der Waals surface area contributed by atoms with Gasteiger partial charge < -0.3 is 20.5 Å². The van der Waals surface area contributed by atoms with E-state index < -0.39 is 6.04 Å². The number of ether oxygens (including phenoxy) is 2. The smallest absolute Gasteiger partial charge is 0.322 e.